The van der Waals surface area contributed by atoms with Crippen molar-refractivity contribution in [3.05, 3.63) is 35.4 Å². The second kappa shape index (κ2) is 7.57. The Hall–Kier alpha value is -2.21. The Balaban J connectivity index is 2.18. The standard InChI is InChI=1S/C18H25N3O3/c1-5-19-12(4)10-20-16(22)15(11(2)3)21-17(23)13-8-6-7-9-14(13)18(21)24/h6-9,11-12,15,19H,5,10H2,1-4H3,(H,20,22)/t12-,15?/m1/s1. The smallest absolute Gasteiger partial charge is 0.262 e. The third-order valence-corrected chi connectivity index (χ3v) is 4.14. The van der Waals surface area contributed by atoms with Crippen LogP contribution in [0.2, 0.25) is 0 Å². The van der Waals surface area contributed by atoms with Crippen molar-refractivity contribution in [3.8, 4) is 0 Å². The fraction of sp³-hybridized carbons (Fsp3) is 0.500. The number of imide groups is 1. The molecule has 2 N–H and O–H groups in total. The molecule has 6 heteroatoms. The molecule has 0 spiro atoms. The highest BCUT2D eigenvalue weighted by atomic mass is 16.2. The van der Waals surface area contributed by atoms with Gasteiger partial charge in [-0.3, -0.25) is 19.3 Å². The minimum Gasteiger partial charge on any atom is -0.353 e. The number of amides is 3. The van der Waals surface area contributed by atoms with Crippen LogP contribution in [0.5, 0.6) is 0 Å². The van der Waals surface area contributed by atoms with Crippen LogP contribution in [0.25, 0.3) is 0 Å². The van der Waals surface area contributed by atoms with E-state index in [-0.39, 0.29) is 17.9 Å². The van der Waals surface area contributed by atoms with Gasteiger partial charge in [-0.1, -0.05) is 32.9 Å². The molecule has 0 saturated heterocycles. The number of hydrogen-bond acceptors (Lipinski definition) is 4. The first-order valence-electron chi connectivity index (χ1n) is 8.36. The van der Waals surface area contributed by atoms with Crippen molar-refractivity contribution in [2.24, 2.45) is 5.92 Å². The van der Waals surface area contributed by atoms with Gasteiger partial charge in [-0.15, -0.1) is 0 Å². The predicted molar refractivity (Wildman–Crippen MR) is 91.7 cm³/mol. The Labute approximate surface area is 142 Å². The Morgan fingerprint density at radius 1 is 1.08 bits per heavy atom. The molecule has 1 aliphatic heterocycles. The largest absolute Gasteiger partial charge is 0.353 e. The van der Waals surface area contributed by atoms with E-state index in [1.807, 2.05) is 27.7 Å². The zero-order chi connectivity index (χ0) is 17.9. The molecule has 1 aromatic carbocycles. The summed E-state index contributed by atoms with van der Waals surface area (Å²) in [6, 6.07) is 5.99. The van der Waals surface area contributed by atoms with Gasteiger partial charge in [-0.2, -0.15) is 0 Å². The summed E-state index contributed by atoms with van der Waals surface area (Å²) in [4.78, 5) is 39.0. The number of benzene rings is 1. The minimum atomic E-state index is -0.814. The number of nitrogens with one attached hydrogen (secondary N) is 2. The van der Waals surface area contributed by atoms with E-state index < -0.39 is 17.9 Å². The van der Waals surface area contributed by atoms with Gasteiger partial charge in [0.1, 0.15) is 6.04 Å². The zero-order valence-electron chi connectivity index (χ0n) is 14.6. The van der Waals surface area contributed by atoms with E-state index in [0.717, 1.165) is 11.4 Å². The summed E-state index contributed by atoms with van der Waals surface area (Å²) >= 11 is 0. The molecule has 1 aliphatic rings. The third-order valence-electron chi connectivity index (χ3n) is 4.14. The molecule has 130 valence electrons. The lowest BCUT2D eigenvalue weighted by molar-refractivity contribution is -0.126. The van der Waals surface area contributed by atoms with Crippen LogP contribution in [0.3, 0.4) is 0 Å². The van der Waals surface area contributed by atoms with E-state index in [4.69, 9.17) is 0 Å². The van der Waals surface area contributed by atoms with Crippen LogP contribution in [-0.4, -0.2) is 47.8 Å². The van der Waals surface area contributed by atoms with Crippen molar-refractivity contribution >= 4 is 17.7 Å². The lowest BCUT2D eigenvalue weighted by Crippen LogP contribution is -2.53. The van der Waals surface area contributed by atoms with Gasteiger partial charge < -0.3 is 10.6 Å². The molecule has 0 aromatic heterocycles. The molecule has 2 rings (SSSR count). The topological polar surface area (TPSA) is 78.5 Å². The molecular weight excluding hydrogens is 306 g/mol. The summed E-state index contributed by atoms with van der Waals surface area (Å²) in [6.45, 7) is 8.88. The maximum absolute atomic E-state index is 12.6. The quantitative estimate of drug-likeness (QED) is 0.741. The summed E-state index contributed by atoms with van der Waals surface area (Å²) < 4.78 is 0. The van der Waals surface area contributed by atoms with Crippen molar-refractivity contribution in [1.82, 2.24) is 15.5 Å². The average molecular weight is 331 g/mol. The SMILES string of the molecule is CCN[C@H](C)CNC(=O)C(C(C)C)N1C(=O)c2ccccc2C1=O. The predicted octanol–water partition coefficient (Wildman–Crippen LogP) is 1.42. The maximum atomic E-state index is 12.6. The summed E-state index contributed by atoms with van der Waals surface area (Å²) in [5.41, 5.74) is 0.726. The molecule has 0 saturated carbocycles. The second-order valence-electron chi connectivity index (χ2n) is 6.42. The van der Waals surface area contributed by atoms with E-state index in [1.165, 1.54) is 0 Å². The van der Waals surface area contributed by atoms with Gasteiger partial charge in [-0.05, 0) is 31.5 Å². The lowest BCUT2D eigenvalue weighted by Gasteiger charge is -2.29. The molecule has 1 aromatic rings. The van der Waals surface area contributed by atoms with Gasteiger partial charge in [0.25, 0.3) is 11.8 Å². The highest BCUT2D eigenvalue weighted by molar-refractivity contribution is 6.22. The van der Waals surface area contributed by atoms with Crippen LogP contribution in [0, 0.1) is 5.92 Å². The van der Waals surface area contributed by atoms with Crippen LogP contribution in [-0.2, 0) is 4.79 Å². The third kappa shape index (κ3) is 3.48. The van der Waals surface area contributed by atoms with Crippen LogP contribution >= 0.6 is 0 Å². The van der Waals surface area contributed by atoms with Gasteiger partial charge in [0, 0.05) is 12.6 Å². The van der Waals surface area contributed by atoms with E-state index in [9.17, 15) is 14.4 Å². The molecule has 0 fully saturated rings. The molecule has 2 atom stereocenters. The minimum absolute atomic E-state index is 0.119. The van der Waals surface area contributed by atoms with Crippen molar-refractivity contribution < 1.29 is 14.4 Å². The number of rotatable bonds is 7. The first-order valence-corrected chi connectivity index (χ1v) is 8.36. The second-order valence-corrected chi connectivity index (χ2v) is 6.42. The van der Waals surface area contributed by atoms with Crippen molar-refractivity contribution in [1.29, 1.82) is 0 Å². The average Bonchev–Trinajstić information content (AvgIpc) is 2.79. The molecule has 1 heterocycles. The van der Waals surface area contributed by atoms with Crippen LogP contribution in [0.1, 0.15) is 48.4 Å². The first-order chi connectivity index (χ1) is 11.4. The molecule has 6 nitrogen and oxygen atoms in total. The van der Waals surface area contributed by atoms with E-state index in [2.05, 4.69) is 10.6 Å². The van der Waals surface area contributed by atoms with Crippen LogP contribution < -0.4 is 10.6 Å². The number of carbonyl (C=O) groups excluding carboxylic acids is 3. The molecule has 0 bridgehead atoms. The number of likely N-dealkylation sites (N-methyl/N-ethyl adjacent to an activating group) is 1. The van der Waals surface area contributed by atoms with Crippen LogP contribution in [0.15, 0.2) is 24.3 Å². The van der Waals surface area contributed by atoms with Gasteiger partial charge in [-0.25, -0.2) is 0 Å². The fourth-order valence-electron chi connectivity index (χ4n) is 2.96. The van der Waals surface area contributed by atoms with Gasteiger partial charge >= 0.3 is 0 Å². The summed E-state index contributed by atoms with van der Waals surface area (Å²) in [5.74, 6) is -1.28. The van der Waals surface area contributed by atoms with Crippen molar-refractivity contribution in [2.75, 3.05) is 13.1 Å². The van der Waals surface area contributed by atoms with E-state index in [0.29, 0.717) is 17.7 Å². The molecule has 3 amide bonds. The Kier molecular flexibility index (Phi) is 5.72. The maximum Gasteiger partial charge on any atom is 0.262 e. The summed E-state index contributed by atoms with van der Waals surface area (Å²) in [6.07, 6.45) is 0. The highest BCUT2D eigenvalue weighted by Crippen LogP contribution is 2.27. The molecule has 0 aliphatic carbocycles. The van der Waals surface area contributed by atoms with Crippen LogP contribution in [0.4, 0.5) is 0 Å². The zero-order valence-corrected chi connectivity index (χ0v) is 14.6. The molecule has 1 unspecified atom stereocenters. The number of carbonyl (C=O) groups is 3. The monoisotopic (exact) mass is 331 g/mol. The normalized spacial score (nSPS) is 16.3. The first kappa shape index (κ1) is 18.1. The lowest BCUT2D eigenvalue weighted by atomic mass is 10.0. The molecule has 0 radical (unpaired) electrons. The highest BCUT2D eigenvalue weighted by Gasteiger charge is 2.43. The Bertz CT molecular complexity index is 607. The van der Waals surface area contributed by atoms with Crippen molar-refractivity contribution in [2.45, 2.75) is 39.8 Å². The van der Waals surface area contributed by atoms with Crippen molar-refractivity contribution in [3.63, 3.8) is 0 Å². The number of nitrogens with zero attached hydrogens (tertiary/aromatic N) is 1. The summed E-state index contributed by atoms with van der Waals surface area (Å²) in [5, 5.41) is 6.05. The summed E-state index contributed by atoms with van der Waals surface area (Å²) in [7, 11) is 0. The Morgan fingerprint density at radius 3 is 2.08 bits per heavy atom. The fourth-order valence-corrected chi connectivity index (χ4v) is 2.96. The van der Waals surface area contributed by atoms with Gasteiger partial charge in [0.15, 0.2) is 0 Å². The van der Waals surface area contributed by atoms with E-state index >= 15 is 0 Å². The molecular formula is C18H25N3O3. The van der Waals surface area contributed by atoms with Gasteiger partial charge in [0.2, 0.25) is 5.91 Å². The Morgan fingerprint density at radius 2 is 1.62 bits per heavy atom. The number of fused-ring (bicyclic) bond motifs is 1. The molecule has 24 heavy (non-hydrogen) atoms. The van der Waals surface area contributed by atoms with E-state index in [1.54, 1.807) is 24.3 Å². The van der Waals surface area contributed by atoms with Gasteiger partial charge in [0.05, 0.1) is 11.1 Å². The number of hydrogen-bond donors (Lipinski definition) is 2.